The van der Waals surface area contributed by atoms with Gasteiger partial charge in [-0.1, -0.05) is 55.1 Å². The maximum atomic E-state index is 14.8. The number of carbonyl (C=O) groups is 3. The second kappa shape index (κ2) is 10.2. The number of ether oxygens (including phenoxy) is 1. The van der Waals surface area contributed by atoms with E-state index in [1.807, 2.05) is 65.7 Å². The van der Waals surface area contributed by atoms with E-state index in [9.17, 15) is 18.8 Å². The third-order valence-corrected chi connectivity index (χ3v) is 8.76. The predicted molar refractivity (Wildman–Crippen MR) is 161 cm³/mol. The number of halogens is 1. The minimum absolute atomic E-state index is 0.257. The average molecular weight is 571 g/mol. The molecule has 7 rings (SSSR count). The third kappa shape index (κ3) is 3.96. The normalized spacial score (nSPS) is 22.9. The lowest BCUT2D eigenvalue weighted by Gasteiger charge is -2.38. The first-order valence-corrected chi connectivity index (χ1v) is 14.1. The molecule has 0 saturated carbocycles. The summed E-state index contributed by atoms with van der Waals surface area (Å²) in [7, 11) is 0. The molecule has 4 aromatic rings. The SMILES string of the molecule is C=CCOc1ccc(C(=O)[C@@H]2[C@H](C(=O)c3ccc(F)cc3)N3C=Cc4ccccc4[C@H]3[C@@]23C(=O)Nc2ccccc23)cc1. The van der Waals surface area contributed by atoms with E-state index in [1.54, 1.807) is 30.3 Å². The summed E-state index contributed by atoms with van der Waals surface area (Å²) in [5.41, 5.74) is 2.20. The van der Waals surface area contributed by atoms with Crippen LogP contribution < -0.4 is 10.1 Å². The van der Waals surface area contributed by atoms with Crippen molar-refractivity contribution < 1.29 is 23.5 Å². The highest BCUT2D eigenvalue weighted by Crippen LogP contribution is 2.62. The number of carbonyl (C=O) groups excluding carboxylic acids is 3. The third-order valence-electron chi connectivity index (χ3n) is 8.76. The lowest BCUT2D eigenvalue weighted by Crippen LogP contribution is -2.49. The molecule has 3 aliphatic rings. The second-order valence-corrected chi connectivity index (χ2v) is 10.9. The average Bonchev–Trinajstić information content (AvgIpc) is 3.52. The van der Waals surface area contributed by atoms with Crippen molar-refractivity contribution in [3.8, 4) is 5.75 Å². The molecule has 1 saturated heterocycles. The summed E-state index contributed by atoms with van der Waals surface area (Å²) in [6.45, 7) is 3.98. The van der Waals surface area contributed by atoms with E-state index in [2.05, 4.69) is 11.9 Å². The van der Waals surface area contributed by atoms with Crippen molar-refractivity contribution in [1.82, 2.24) is 4.90 Å². The molecule has 1 spiro atoms. The van der Waals surface area contributed by atoms with Crippen molar-refractivity contribution in [2.75, 3.05) is 11.9 Å². The van der Waals surface area contributed by atoms with Crippen LogP contribution in [0.25, 0.3) is 6.08 Å². The van der Waals surface area contributed by atoms with Gasteiger partial charge in [-0.25, -0.2) is 4.39 Å². The van der Waals surface area contributed by atoms with Gasteiger partial charge < -0.3 is 15.0 Å². The molecule has 212 valence electrons. The van der Waals surface area contributed by atoms with Gasteiger partial charge in [0.15, 0.2) is 11.6 Å². The molecule has 0 aromatic heterocycles. The van der Waals surface area contributed by atoms with Gasteiger partial charge in [-0.3, -0.25) is 14.4 Å². The number of Topliss-reactive ketones (excluding diaryl/α,β-unsaturated/α-hetero) is 2. The number of amides is 1. The zero-order valence-electron chi connectivity index (χ0n) is 23.1. The van der Waals surface area contributed by atoms with Gasteiger partial charge in [-0.2, -0.15) is 0 Å². The fourth-order valence-corrected chi connectivity index (χ4v) is 7.00. The quantitative estimate of drug-likeness (QED) is 0.206. The van der Waals surface area contributed by atoms with Crippen LogP contribution in [0, 0.1) is 11.7 Å². The Hall–Kier alpha value is -5.30. The van der Waals surface area contributed by atoms with Gasteiger partial charge in [0, 0.05) is 23.0 Å². The summed E-state index contributed by atoms with van der Waals surface area (Å²) < 4.78 is 19.5. The van der Waals surface area contributed by atoms with Crippen LogP contribution in [0.3, 0.4) is 0 Å². The maximum absolute atomic E-state index is 14.8. The van der Waals surface area contributed by atoms with Crippen molar-refractivity contribution in [3.05, 3.63) is 150 Å². The highest BCUT2D eigenvalue weighted by Gasteiger charge is 2.70. The van der Waals surface area contributed by atoms with Crippen LogP contribution in [0.5, 0.6) is 5.75 Å². The van der Waals surface area contributed by atoms with Crippen LogP contribution >= 0.6 is 0 Å². The minimum atomic E-state index is -1.44. The second-order valence-electron chi connectivity index (χ2n) is 10.9. The number of ketones is 2. The zero-order chi connectivity index (χ0) is 29.7. The van der Waals surface area contributed by atoms with Gasteiger partial charge in [-0.05, 0) is 77.4 Å². The smallest absolute Gasteiger partial charge is 0.238 e. The number of rotatable bonds is 7. The molecular formula is C36H27FN2O4. The first-order valence-electron chi connectivity index (χ1n) is 14.1. The summed E-state index contributed by atoms with van der Waals surface area (Å²) >= 11 is 0. The largest absolute Gasteiger partial charge is 0.490 e. The molecule has 0 aliphatic carbocycles. The van der Waals surface area contributed by atoms with Gasteiger partial charge in [0.1, 0.15) is 29.6 Å². The van der Waals surface area contributed by atoms with E-state index in [1.165, 1.54) is 24.3 Å². The minimum Gasteiger partial charge on any atom is -0.490 e. The number of nitrogens with zero attached hydrogens (tertiary/aromatic N) is 1. The number of hydrogen-bond acceptors (Lipinski definition) is 5. The molecule has 43 heavy (non-hydrogen) atoms. The Morgan fingerprint density at radius 1 is 0.907 bits per heavy atom. The molecule has 1 amide bonds. The Bertz CT molecular complexity index is 1810. The fourth-order valence-electron chi connectivity index (χ4n) is 7.00. The Balaban J connectivity index is 1.47. The lowest BCUT2D eigenvalue weighted by molar-refractivity contribution is -0.122. The van der Waals surface area contributed by atoms with Crippen molar-refractivity contribution in [2.45, 2.75) is 17.5 Å². The van der Waals surface area contributed by atoms with Crippen LogP contribution in [-0.4, -0.2) is 35.0 Å². The molecule has 4 atom stereocenters. The van der Waals surface area contributed by atoms with Gasteiger partial charge in [-0.15, -0.1) is 0 Å². The summed E-state index contributed by atoms with van der Waals surface area (Å²) in [4.78, 5) is 45.7. The number of fused-ring (bicyclic) bond motifs is 6. The van der Waals surface area contributed by atoms with Gasteiger partial charge in [0.25, 0.3) is 0 Å². The summed E-state index contributed by atoms with van der Waals surface area (Å²) in [6, 6.07) is 25.4. The van der Waals surface area contributed by atoms with E-state index in [0.717, 1.165) is 11.1 Å². The molecular weight excluding hydrogens is 543 g/mol. The van der Waals surface area contributed by atoms with Crippen molar-refractivity contribution in [3.63, 3.8) is 0 Å². The first-order chi connectivity index (χ1) is 20.9. The number of benzene rings is 4. The van der Waals surface area contributed by atoms with E-state index in [0.29, 0.717) is 29.2 Å². The fraction of sp³-hybridized carbons (Fsp3) is 0.139. The topological polar surface area (TPSA) is 75.7 Å². The molecule has 1 N–H and O–H groups in total. The Labute approximate surface area is 248 Å². The summed E-state index contributed by atoms with van der Waals surface area (Å²) in [5, 5.41) is 3.04. The van der Waals surface area contributed by atoms with E-state index in [-0.39, 0.29) is 23.0 Å². The number of anilines is 1. The Kier molecular flexibility index (Phi) is 6.31. The van der Waals surface area contributed by atoms with Crippen molar-refractivity contribution in [1.29, 1.82) is 0 Å². The first kappa shape index (κ1) is 26.6. The van der Waals surface area contributed by atoms with Gasteiger partial charge in [0.05, 0.1) is 12.0 Å². The molecule has 0 unspecified atom stereocenters. The summed E-state index contributed by atoms with van der Waals surface area (Å²) in [6.07, 6.45) is 5.35. The van der Waals surface area contributed by atoms with Crippen molar-refractivity contribution in [2.24, 2.45) is 5.92 Å². The molecule has 0 bridgehead atoms. The van der Waals surface area contributed by atoms with Crippen LogP contribution in [0.2, 0.25) is 0 Å². The molecule has 4 aromatic carbocycles. The predicted octanol–water partition coefficient (Wildman–Crippen LogP) is 6.37. The lowest BCUT2D eigenvalue weighted by atomic mass is 9.62. The highest BCUT2D eigenvalue weighted by atomic mass is 19.1. The molecule has 3 heterocycles. The molecule has 6 nitrogen and oxygen atoms in total. The zero-order valence-corrected chi connectivity index (χ0v) is 23.1. The molecule has 1 fully saturated rings. The molecule has 3 aliphatic heterocycles. The number of hydrogen-bond donors (Lipinski definition) is 1. The van der Waals surface area contributed by atoms with Crippen LogP contribution in [0.1, 0.15) is 43.4 Å². The monoisotopic (exact) mass is 570 g/mol. The van der Waals surface area contributed by atoms with Crippen LogP contribution in [0.4, 0.5) is 10.1 Å². The number of para-hydroxylation sites is 1. The van der Waals surface area contributed by atoms with E-state index >= 15 is 0 Å². The van der Waals surface area contributed by atoms with E-state index in [4.69, 9.17) is 4.74 Å². The maximum Gasteiger partial charge on any atom is 0.238 e. The van der Waals surface area contributed by atoms with Crippen LogP contribution in [0.15, 0.2) is 116 Å². The number of nitrogens with one attached hydrogen (secondary N) is 1. The Morgan fingerprint density at radius 2 is 1.58 bits per heavy atom. The van der Waals surface area contributed by atoms with Crippen LogP contribution in [-0.2, 0) is 10.2 Å². The highest BCUT2D eigenvalue weighted by molar-refractivity contribution is 6.16. The molecule has 0 radical (unpaired) electrons. The van der Waals surface area contributed by atoms with Gasteiger partial charge >= 0.3 is 0 Å². The standard InChI is InChI=1S/C36H27FN2O4/c1-2-21-43-26-17-13-23(14-18-26)32(40)30-31(33(41)24-11-15-25(37)16-12-24)39-20-19-22-7-3-4-8-27(22)34(39)36(30)28-9-5-6-10-29(28)38-35(36)42/h2-20,30-31,34H,1,21H2,(H,38,42)/t30-,31+,34-,36-/m0/s1. The van der Waals surface area contributed by atoms with E-state index < -0.39 is 29.2 Å². The molecule has 7 heteroatoms. The van der Waals surface area contributed by atoms with Crippen molar-refractivity contribution >= 4 is 29.2 Å². The van der Waals surface area contributed by atoms with Gasteiger partial charge in [0.2, 0.25) is 5.91 Å². The Morgan fingerprint density at radius 3 is 2.35 bits per heavy atom. The summed E-state index contributed by atoms with van der Waals surface area (Å²) in [5.74, 6) is -2.08.